The number of hydrogen-bond donors (Lipinski definition) is 1. The van der Waals surface area contributed by atoms with Gasteiger partial charge in [0.2, 0.25) is 5.95 Å². The molecule has 2 aromatic heterocycles. The number of benzene rings is 1. The topological polar surface area (TPSA) is 83.5 Å². The predicted molar refractivity (Wildman–Crippen MR) is 133 cm³/mol. The van der Waals surface area contributed by atoms with Gasteiger partial charge in [0.05, 0.1) is 35.4 Å². The maximum atomic E-state index is 13.9. The van der Waals surface area contributed by atoms with Gasteiger partial charge < -0.3 is 15.0 Å². The molecule has 8 nitrogen and oxygen atoms in total. The van der Waals surface area contributed by atoms with E-state index in [1.54, 1.807) is 42.9 Å². The molecule has 4 heterocycles. The number of morpholine rings is 1. The van der Waals surface area contributed by atoms with Crippen molar-refractivity contribution in [1.29, 1.82) is 0 Å². The van der Waals surface area contributed by atoms with Gasteiger partial charge >= 0.3 is 0 Å². The van der Waals surface area contributed by atoms with Crippen LogP contribution in [0.4, 0.5) is 14.7 Å². The molecule has 1 N–H and O–H groups in total. The van der Waals surface area contributed by atoms with Gasteiger partial charge in [-0.2, -0.15) is 0 Å². The molecule has 1 atom stereocenters. The van der Waals surface area contributed by atoms with E-state index in [1.807, 2.05) is 9.80 Å². The van der Waals surface area contributed by atoms with Gasteiger partial charge in [-0.25, -0.2) is 18.7 Å². The number of piperidine rings is 1. The van der Waals surface area contributed by atoms with Crippen molar-refractivity contribution >= 4 is 34.4 Å². The molecule has 2 aliphatic rings. The summed E-state index contributed by atoms with van der Waals surface area (Å²) >= 11 is 6.39. The minimum absolute atomic E-state index is 0.192. The highest BCUT2D eigenvalue weighted by Gasteiger charge is 2.37. The van der Waals surface area contributed by atoms with Crippen molar-refractivity contribution in [2.24, 2.45) is 0 Å². The number of amides is 1. The first-order valence-corrected chi connectivity index (χ1v) is 12.4. The summed E-state index contributed by atoms with van der Waals surface area (Å²) < 4.78 is 33.1. The number of carbonyl (C=O) groups excluding carboxylic acids is 1. The monoisotopic (exact) mass is 516 g/mol. The number of anilines is 1. The van der Waals surface area contributed by atoms with E-state index < -0.39 is 5.92 Å². The molecule has 0 radical (unpaired) electrons. The molecule has 190 valence electrons. The number of aromatic nitrogens is 3. The van der Waals surface area contributed by atoms with Gasteiger partial charge in [0.1, 0.15) is 0 Å². The molecule has 1 unspecified atom stereocenters. The van der Waals surface area contributed by atoms with Crippen molar-refractivity contribution in [3.05, 3.63) is 59.0 Å². The van der Waals surface area contributed by atoms with Crippen LogP contribution in [0.5, 0.6) is 0 Å². The molecule has 5 rings (SSSR count). The van der Waals surface area contributed by atoms with Crippen LogP contribution in [-0.2, 0) is 4.74 Å². The standard InChI is InChI=1S/C25H27ClF2N6O2/c26-19-3-4-20-18(2-1-7-29-20)22(19)23(35)30-16-21(33-8-5-25(27,28)6-9-33)17-14-31-24(32-15-17)34-10-12-36-13-11-34/h1-4,7,14-15,21H,5-6,8-13,16H2,(H,30,35). The highest BCUT2D eigenvalue weighted by atomic mass is 35.5. The van der Waals surface area contributed by atoms with Crippen molar-refractivity contribution in [1.82, 2.24) is 25.2 Å². The van der Waals surface area contributed by atoms with E-state index in [2.05, 4.69) is 20.3 Å². The summed E-state index contributed by atoms with van der Waals surface area (Å²) in [6.45, 7) is 3.26. The van der Waals surface area contributed by atoms with E-state index in [-0.39, 0.29) is 44.4 Å². The summed E-state index contributed by atoms with van der Waals surface area (Å²) in [5.41, 5.74) is 1.75. The number of pyridine rings is 1. The molecule has 1 amide bonds. The maximum Gasteiger partial charge on any atom is 0.253 e. The number of carbonyl (C=O) groups is 1. The van der Waals surface area contributed by atoms with Crippen molar-refractivity contribution < 1.29 is 18.3 Å². The minimum Gasteiger partial charge on any atom is -0.378 e. The first-order chi connectivity index (χ1) is 17.4. The minimum atomic E-state index is -2.68. The van der Waals surface area contributed by atoms with Crippen LogP contribution in [0.25, 0.3) is 10.9 Å². The predicted octanol–water partition coefficient (Wildman–Crippen LogP) is 3.72. The number of halogens is 3. The Morgan fingerprint density at radius 1 is 1.08 bits per heavy atom. The smallest absolute Gasteiger partial charge is 0.253 e. The van der Waals surface area contributed by atoms with Crippen LogP contribution < -0.4 is 10.2 Å². The quantitative estimate of drug-likeness (QED) is 0.534. The van der Waals surface area contributed by atoms with Gasteiger partial charge in [0.25, 0.3) is 11.8 Å². The summed E-state index contributed by atoms with van der Waals surface area (Å²) in [4.78, 5) is 30.6. The second-order valence-corrected chi connectivity index (χ2v) is 9.43. The molecule has 0 bridgehead atoms. The Bertz CT molecular complexity index is 1210. The van der Waals surface area contributed by atoms with Crippen LogP contribution in [0.1, 0.15) is 34.8 Å². The second kappa shape index (κ2) is 10.6. The molecule has 0 saturated carbocycles. The van der Waals surface area contributed by atoms with Gasteiger partial charge in [-0.1, -0.05) is 17.7 Å². The van der Waals surface area contributed by atoms with E-state index in [0.29, 0.717) is 53.7 Å². The summed E-state index contributed by atoms with van der Waals surface area (Å²) in [5.74, 6) is -2.42. The Morgan fingerprint density at radius 2 is 1.81 bits per heavy atom. The van der Waals surface area contributed by atoms with Crippen molar-refractivity contribution in [2.45, 2.75) is 24.8 Å². The number of likely N-dealkylation sites (tertiary alicyclic amines) is 1. The van der Waals surface area contributed by atoms with Crippen molar-refractivity contribution in [3.63, 3.8) is 0 Å². The fourth-order valence-corrected chi connectivity index (χ4v) is 4.94. The average molecular weight is 517 g/mol. The molecule has 3 aromatic rings. The highest BCUT2D eigenvalue weighted by Crippen LogP contribution is 2.32. The van der Waals surface area contributed by atoms with Crippen LogP contribution in [0.15, 0.2) is 42.9 Å². The van der Waals surface area contributed by atoms with Crippen LogP contribution >= 0.6 is 11.6 Å². The molecule has 2 saturated heterocycles. The molecule has 0 aliphatic carbocycles. The van der Waals surface area contributed by atoms with E-state index in [0.717, 1.165) is 5.56 Å². The number of ether oxygens (including phenoxy) is 1. The van der Waals surface area contributed by atoms with Crippen LogP contribution in [0, 0.1) is 0 Å². The van der Waals surface area contributed by atoms with Gasteiger partial charge in [-0.15, -0.1) is 0 Å². The zero-order valence-electron chi connectivity index (χ0n) is 19.7. The number of rotatable bonds is 6. The lowest BCUT2D eigenvalue weighted by atomic mass is 10.0. The molecule has 11 heteroatoms. The molecule has 1 aromatic carbocycles. The lowest BCUT2D eigenvalue weighted by molar-refractivity contribution is -0.0632. The van der Waals surface area contributed by atoms with Crippen molar-refractivity contribution in [2.75, 3.05) is 50.8 Å². The summed E-state index contributed by atoms with van der Waals surface area (Å²) in [7, 11) is 0. The largest absolute Gasteiger partial charge is 0.378 e. The van der Waals surface area contributed by atoms with E-state index in [9.17, 15) is 13.6 Å². The average Bonchev–Trinajstić information content (AvgIpc) is 2.90. The Kier molecular flexibility index (Phi) is 7.27. The summed E-state index contributed by atoms with van der Waals surface area (Å²) in [6.07, 6.45) is 4.63. The molecule has 2 aliphatic heterocycles. The third-order valence-corrected chi connectivity index (χ3v) is 7.04. The molecule has 0 spiro atoms. The lowest BCUT2D eigenvalue weighted by Crippen LogP contribution is -2.45. The van der Waals surface area contributed by atoms with Crippen LogP contribution in [0.3, 0.4) is 0 Å². The molecule has 2 fully saturated rings. The van der Waals surface area contributed by atoms with Crippen LogP contribution in [-0.4, -0.2) is 77.6 Å². The Hall–Kier alpha value is -2.95. The fourth-order valence-electron chi connectivity index (χ4n) is 4.68. The molecular weight excluding hydrogens is 490 g/mol. The zero-order chi connectivity index (χ0) is 25.1. The van der Waals surface area contributed by atoms with E-state index >= 15 is 0 Å². The van der Waals surface area contributed by atoms with Gasteiger partial charge in [0, 0.05) is 75.1 Å². The van der Waals surface area contributed by atoms with Gasteiger partial charge in [-0.3, -0.25) is 14.7 Å². The first kappa shape index (κ1) is 24.7. The summed E-state index contributed by atoms with van der Waals surface area (Å²) in [6, 6.07) is 6.59. The second-order valence-electron chi connectivity index (χ2n) is 9.03. The van der Waals surface area contributed by atoms with Crippen molar-refractivity contribution in [3.8, 4) is 0 Å². The third-order valence-electron chi connectivity index (χ3n) is 6.72. The third kappa shape index (κ3) is 5.40. The fraction of sp³-hybridized carbons (Fsp3) is 0.440. The Morgan fingerprint density at radius 3 is 2.53 bits per heavy atom. The Labute approximate surface area is 212 Å². The number of nitrogens with one attached hydrogen (secondary N) is 1. The Balaban J connectivity index is 1.37. The number of hydrogen-bond acceptors (Lipinski definition) is 7. The number of nitrogens with zero attached hydrogens (tertiary/aromatic N) is 5. The zero-order valence-corrected chi connectivity index (χ0v) is 20.4. The normalized spacial score (nSPS) is 19.2. The SMILES string of the molecule is O=C(NCC(c1cnc(N2CCOCC2)nc1)N1CCC(F)(F)CC1)c1c(Cl)ccc2ncccc12. The van der Waals surface area contributed by atoms with E-state index in [1.165, 1.54) is 0 Å². The number of fused-ring (bicyclic) bond motifs is 1. The lowest BCUT2D eigenvalue weighted by Gasteiger charge is -2.37. The highest BCUT2D eigenvalue weighted by molar-refractivity contribution is 6.35. The van der Waals surface area contributed by atoms with Crippen LogP contribution in [0.2, 0.25) is 5.02 Å². The molecule has 36 heavy (non-hydrogen) atoms. The van der Waals surface area contributed by atoms with E-state index in [4.69, 9.17) is 16.3 Å². The maximum absolute atomic E-state index is 13.9. The number of alkyl halides is 2. The summed E-state index contributed by atoms with van der Waals surface area (Å²) in [5, 5.41) is 3.93. The van der Waals surface area contributed by atoms with Gasteiger partial charge in [-0.05, 0) is 18.2 Å². The first-order valence-electron chi connectivity index (χ1n) is 12.0. The molecular formula is C25H27ClF2N6O2. The van der Waals surface area contributed by atoms with Gasteiger partial charge in [0.15, 0.2) is 0 Å².